The minimum atomic E-state index is -0.0973. The summed E-state index contributed by atoms with van der Waals surface area (Å²) in [6, 6.07) is 11.1. The van der Waals surface area contributed by atoms with Crippen LogP contribution in [0.25, 0.3) is 0 Å². The maximum Gasteiger partial charge on any atom is 0.254 e. The van der Waals surface area contributed by atoms with Crippen molar-refractivity contribution in [2.75, 3.05) is 28.4 Å². The number of rotatable bonds is 6. The number of hydrogen-bond acceptors (Lipinski definition) is 4. The number of carbonyl (C=O) groups is 1. The fourth-order valence-electron chi connectivity index (χ4n) is 2.70. The standard InChI is InChI=1S/C20H25NO4/c1-13-18(24-5)11-16(12-19(13)25-6)20(22)21(3)14(2)15-7-9-17(23-4)10-8-15/h7-12,14H,1-6H3. The van der Waals surface area contributed by atoms with E-state index >= 15 is 0 Å². The first-order chi connectivity index (χ1) is 11.9. The van der Waals surface area contributed by atoms with E-state index in [2.05, 4.69) is 0 Å². The normalized spacial score (nSPS) is 11.6. The average molecular weight is 343 g/mol. The first kappa shape index (κ1) is 18.6. The van der Waals surface area contributed by atoms with Crippen molar-refractivity contribution in [2.45, 2.75) is 19.9 Å². The molecule has 0 heterocycles. The Hall–Kier alpha value is -2.69. The Bertz CT molecular complexity index is 715. The molecule has 2 aromatic rings. The predicted molar refractivity (Wildman–Crippen MR) is 97.8 cm³/mol. The highest BCUT2D eigenvalue weighted by Gasteiger charge is 2.21. The molecule has 0 fully saturated rings. The summed E-state index contributed by atoms with van der Waals surface area (Å²) in [6.07, 6.45) is 0. The van der Waals surface area contributed by atoms with E-state index in [-0.39, 0.29) is 11.9 Å². The second-order valence-corrected chi connectivity index (χ2v) is 5.87. The van der Waals surface area contributed by atoms with Gasteiger partial charge < -0.3 is 19.1 Å². The average Bonchev–Trinajstić information content (AvgIpc) is 2.66. The van der Waals surface area contributed by atoms with Crippen LogP contribution in [0.5, 0.6) is 17.2 Å². The first-order valence-electron chi connectivity index (χ1n) is 8.06. The number of ether oxygens (including phenoxy) is 3. The summed E-state index contributed by atoms with van der Waals surface area (Å²) in [5.41, 5.74) is 2.43. The van der Waals surface area contributed by atoms with Crippen LogP contribution >= 0.6 is 0 Å². The van der Waals surface area contributed by atoms with Gasteiger partial charge in [-0.15, -0.1) is 0 Å². The van der Waals surface area contributed by atoms with Crippen LogP contribution in [0, 0.1) is 6.92 Å². The predicted octanol–water partition coefficient (Wildman–Crippen LogP) is 3.85. The van der Waals surface area contributed by atoms with E-state index in [1.165, 1.54) is 0 Å². The molecule has 0 saturated carbocycles. The van der Waals surface area contributed by atoms with Gasteiger partial charge in [0.05, 0.1) is 27.4 Å². The Morgan fingerprint density at radius 2 is 1.48 bits per heavy atom. The smallest absolute Gasteiger partial charge is 0.254 e. The van der Waals surface area contributed by atoms with Gasteiger partial charge >= 0.3 is 0 Å². The summed E-state index contributed by atoms with van der Waals surface area (Å²) < 4.78 is 15.9. The number of nitrogens with zero attached hydrogens (tertiary/aromatic N) is 1. The summed E-state index contributed by atoms with van der Waals surface area (Å²) in [4.78, 5) is 14.6. The Morgan fingerprint density at radius 3 is 1.92 bits per heavy atom. The lowest BCUT2D eigenvalue weighted by atomic mass is 10.0. The maximum atomic E-state index is 12.9. The third-order valence-corrected chi connectivity index (χ3v) is 4.50. The van der Waals surface area contributed by atoms with Gasteiger partial charge in [0.1, 0.15) is 17.2 Å². The zero-order valence-corrected chi connectivity index (χ0v) is 15.6. The molecule has 0 saturated heterocycles. The summed E-state index contributed by atoms with van der Waals surface area (Å²) in [6.45, 7) is 3.89. The molecule has 1 atom stereocenters. The van der Waals surface area contributed by atoms with Gasteiger partial charge in [-0.25, -0.2) is 0 Å². The molecule has 5 nitrogen and oxygen atoms in total. The topological polar surface area (TPSA) is 48.0 Å². The van der Waals surface area contributed by atoms with Gasteiger partial charge in [0.2, 0.25) is 0 Å². The van der Waals surface area contributed by atoms with Crippen molar-refractivity contribution >= 4 is 5.91 Å². The molecular weight excluding hydrogens is 318 g/mol. The van der Waals surface area contributed by atoms with E-state index in [1.807, 2.05) is 38.1 Å². The van der Waals surface area contributed by atoms with Gasteiger partial charge in [0.15, 0.2) is 0 Å². The molecule has 5 heteroatoms. The first-order valence-corrected chi connectivity index (χ1v) is 8.06. The summed E-state index contributed by atoms with van der Waals surface area (Å²) in [5, 5.41) is 0. The van der Waals surface area contributed by atoms with Crippen LogP contribution < -0.4 is 14.2 Å². The molecule has 0 aromatic heterocycles. The number of benzene rings is 2. The van der Waals surface area contributed by atoms with Crippen LogP contribution in [0.2, 0.25) is 0 Å². The van der Waals surface area contributed by atoms with Crippen LogP contribution in [0.1, 0.15) is 34.5 Å². The van der Waals surface area contributed by atoms with Gasteiger partial charge in [-0.2, -0.15) is 0 Å². The van der Waals surface area contributed by atoms with Gasteiger partial charge in [0, 0.05) is 18.2 Å². The van der Waals surface area contributed by atoms with E-state index in [0.29, 0.717) is 17.1 Å². The monoisotopic (exact) mass is 343 g/mol. The molecule has 0 aliphatic rings. The van der Waals surface area contributed by atoms with Crippen molar-refractivity contribution in [1.82, 2.24) is 4.90 Å². The second-order valence-electron chi connectivity index (χ2n) is 5.87. The summed E-state index contributed by atoms with van der Waals surface area (Å²) in [5.74, 6) is 1.96. The van der Waals surface area contributed by atoms with Crippen molar-refractivity contribution in [3.05, 3.63) is 53.1 Å². The second kappa shape index (κ2) is 7.92. The third kappa shape index (κ3) is 3.87. The Kier molecular flexibility index (Phi) is 5.91. The van der Waals surface area contributed by atoms with E-state index in [1.54, 1.807) is 45.4 Å². The molecule has 0 radical (unpaired) electrons. The number of carbonyl (C=O) groups excluding carboxylic acids is 1. The number of hydrogen-bond donors (Lipinski definition) is 0. The van der Waals surface area contributed by atoms with Crippen LogP contribution in [-0.2, 0) is 0 Å². The number of methoxy groups -OCH3 is 3. The highest BCUT2D eigenvalue weighted by Crippen LogP contribution is 2.31. The lowest BCUT2D eigenvalue weighted by Crippen LogP contribution is -2.29. The Balaban J connectivity index is 2.29. The summed E-state index contributed by atoms with van der Waals surface area (Å²) >= 11 is 0. The lowest BCUT2D eigenvalue weighted by Gasteiger charge is -2.26. The lowest BCUT2D eigenvalue weighted by molar-refractivity contribution is 0.0742. The van der Waals surface area contributed by atoms with Crippen LogP contribution in [0.4, 0.5) is 0 Å². The van der Waals surface area contributed by atoms with Crippen LogP contribution in [0.3, 0.4) is 0 Å². The van der Waals surface area contributed by atoms with Crippen molar-refractivity contribution in [3.63, 3.8) is 0 Å². The SMILES string of the molecule is COc1ccc(C(C)N(C)C(=O)c2cc(OC)c(C)c(OC)c2)cc1. The fraction of sp³-hybridized carbons (Fsp3) is 0.350. The van der Waals surface area contributed by atoms with Gasteiger partial charge in [-0.05, 0) is 43.7 Å². The minimum Gasteiger partial charge on any atom is -0.497 e. The highest BCUT2D eigenvalue weighted by molar-refractivity contribution is 5.95. The van der Waals surface area contributed by atoms with E-state index in [4.69, 9.17) is 14.2 Å². The van der Waals surface area contributed by atoms with Crippen molar-refractivity contribution in [2.24, 2.45) is 0 Å². The molecule has 25 heavy (non-hydrogen) atoms. The van der Waals surface area contributed by atoms with Crippen molar-refractivity contribution in [1.29, 1.82) is 0 Å². The molecule has 0 aliphatic heterocycles. The molecular formula is C20H25NO4. The van der Waals surface area contributed by atoms with Crippen LogP contribution in [-0.4, -0.2) is 39.2 Å². The maximum absolute atomic E-state index is 12.9. The van der Waals surface area contributed by atoms with Gasteiger partial charge in [-0.1, -0.05) is 12.1 Å². The van der Waals surface area contributed by atoms with Gasteiger partial charge in [0.25, 0.3) is 5.91 Å². The minimum absolute atomic E-state index is 0.0864. The van der Waals surface area contributed by atoms with Crippen LogP contribution in [0.15, 0.2) is 36.4 Å². The fourth-order valence-corrected chi connectivity index (χ4v) is 2.70. The molecule has 0 bridgehead atoms. The quantitative estimate of drug-likeness (QED) is 0.799. The molecule has 2 aromatic carbocycles. The molecule has 1 amide bonds. The molecule has 0 spiro atoms. The van der Waals surface area contributed by atoms with E-state index in [9.17, 15) is 4.79 Å². The third-order valence-electron chi connectivity index (χ3n) is 4.50. The Morgan fingerprint density at radius 1 is 0.960 bits per heavy atom. The molecule has 0 N–H and O–H groups in total. The molecule has 1 unspecified atom stereocenters. The highest BCUT2D eigenvalue weighted by atomic mass is 16.5. The Labute approximate surface area is 149 Å². The van der Waals surface area contributed by atoms with Crippen molar-refractivity contribution in [3.8, 4) is 17.2 Å². The molecule has 2 rings (SSSR count). The zero-order valence-electron chi connectivity index (χ0n) is 15.6. The molecule has 134 valence electrons. The largest absolute Gasteiger partial charge is 0.497 e. The number of amides is 1. The van der Waals surface area contributed by atoms with Gasteiger partial charge in [-0.3, -0.25) is 4.79 Å². The van der Waals surface area contributed by atoms with E-state index in [0.717, 1.165) is 16.9 Å². The zero-order chi connectivity index (χ0) is 18.6. The molecule has 0 aliphatic carbocycles. The van der Waals surface area contributed by atoms with E-state index < -0.39 is 0 Å². The summed E-state index contributed by atoms with van der Waals surface area (Å²) in [7, 11) is 6.59. The van der Waals surface area contributed by atoms with Crippen molar-refractivity contribution < 1.29 is 19.0 Å².